The van der Waals surface area contributed by atoms with Crippen LogP contribution in [0.15, 0.2) is 35.5 Å². The number of hydrogen-bond acceptors (Lipinski definition) is 6. The van der Waals surface area contributed by atoms with Crippen molar-refractivity contribution in [1.82, 2.24) is 20.9 Å². The van der Waals surface area contributed by atoms with E-state index in [2.05, 4.69) is 27.8 Å². The topological polar surface area (TPSA) is 109 Å². The van der Waals surface area contributed by atoms with E-state index in [1.54, 1.807) is 26.2 Å². The van der Waals surface area contributed by atoms with Gasteiger partial charge in [0.05, 0.1) is 31.2 Å². The highest BCUT2D eigenvalue weighted by Crippen LogP contribution is 2.30. The molecule has 0 spiro atoms. The maximum Gasteiger partial charge on any atom is 0.338 e. The minimum atomic E-state index is -0.650. The molecule has 2 heterocycles. The lowest BCUT2D eigenvalue weighted by Crippen LogP contribution is -2.50. The van der Waals surface area contributed by atoms with Crippen molar-refractivity contribution in [2.75, 3.05) is 33.4 Å². The summed E-state index contributed by atoms with van der Waals surface area (Å²) in [6.45, 7) is 7.81. The van der Waals surface area contributed by atoms with Gasteiger partial charge >= 0.3 is 12.0 Å². The number of rotatable bonds is 10. The van der Waals surface area contributed by atoms with E-state index in [9.17, 15) is 14.4 Å². The first kappa shape index (κ1) is 26.5. The molecule has 3 N–H and O–H groups in total. The average Bonchev–Trinajstić information content (AvgIpc) is 2.84. The Morgan fingerprint density at radius 3 is 2.63 bits per heavy atom. The standard InChI is InChI=1S/C26H38N4O5/c1-5-8-17(3)27-24(31)19-9-7-14-30(15-19)16-21-22(25(32)35-6-2)23(29-26(33)28-21)18-10-12-20(34-4)13-11-18/h10-13,17,19,23H,5-9,14-16H2,1-4H3,(H,27,31)(H2,28,29,33). The Labute approximate surface area is 207 Å². The van der Waals surface area contributed by atoms with Gasteiger partial charge in [-0.3, -0.25) is 9.69 Å². The van der Waals surface area contributed by atoms with Crippen molar-refractivity contribution in [1.29, 1.82) is 0 Å². The Hall–Kier alpha value is -3.07. The molecule has 0 bridgehead atoms. The van der Waals surface area contributed by atoms with Gasteiger partial charge in [0.25, 0.3) is 0 Å². The van der Waals surface area contributed by atoms with Crippen molar-refractivity contribution in [3.63, 3.8) is 0 Å². The highest BCUT2D eigenvalue weighted by Gasteiger charge is 2.35. The van der Waals surface area contributed by atoms with E-state index in [0.717, 1.165) is 37.8 Å². The van der Waals surface area contributed by atoms with Gasteiger partial charge in [-0.1, -0.05) is 25.5 Å². The number of carbonyl (C=O) groups is 3. The predicted octanol–water partition coefficient (Wildman–Crippen LogP) is 2.88. The maximum absolute atomic E-state index is 13.0. The van der Waals surface area contributed by atoms with E-state index in [4.69, 9.17) is 9.47 Å². The van der Waals surface area contributed by atoms with Gasteiger partial charge in [0.2, 0.25) is 5.91 Å². The molecule has 1 aromatic carbocycles. The summed E-state index contributed by atoms with van der Waals surface area (Å²) in [6, 6.07) is 6.35. The summed E-state index contributed by atoms with van der Waals surface area (Å²) in [6.07, 6.45) is 3.67. The van der Waals surface area contributed by atoms with Crippen LogP contribution in [-0.4, -0.2) is 62.2 Å². The van der Waals surface area contributed by atoms with Crippen molar-refractivity contribution in [2.45, 2.75) is 58.5 Å². The van der Waals surface area contributed by atoms with E-state index in [1.807, 2.05) is 19.1 Å². The monoisotopic (exact) mass is 486 g/mol. The number of urea groups is 1. The number of likely N-dealkylation sites (tertiary alicyclic amines) is 1. The van der Waals surface area contributed by atoms with E-state index in [-0.39, 0.29) is 30.5 Å². The molecule has 3 atom stereocenters. The lowest BCUT2D eigenvalue weighted by molar-refractivity contribution is -0.139. The number of esters is 1. The molecular formula is C26H38N4O5. The molecule has 1 fully saturated rings. The Morgan fingerprint density at radius 2 is 1.97 bits per heavy atom. The van der Waals surface area contributed by atoms with Crippen LogP contribution in [0.4, 0.5) is 4.79 Å². The number of nitrogens with zero attached hydrogens (tertiary/aromatic N) is 1. The van der Waals surface area contributed by atoms with Gasteiger partial charge in [-0.2, -0.15) is 0 Å². The predicted molar refractivity (Wildman–Crippen MR) is 133 cm³/mol. The molecule has 35 heavy (non-hydrogen) atoms. The van der Waals surface area contributed by atoms with Gasteiger partial charge in [-0.05, 0) is 57.4 Å². The van der Waals surface area contributed by atoms with Crippen LogP contribution in [0.25, 0.3) is 0 Å². The number of piperidine rings is 1. The third-order valence-corrected chi connectivity index (χ3v) is 6.47. The number of ether oxygens (including phenoxy) is 2. The summed E-state index contributed by atoms with van der Waals surface area (Å²) >= 11 is 0. The van der Waals surface area contributed by atoms with Crippen LogP contribution in [0, 0.1) is 5.92 Å². The molecule has 3 amide bonds. The van der Waals surface area contributed by atoms with Gasteiger partial charge in [-0.15, -0.1) is 0 Å². The minimum Gasteiger partial charge on any atom is -0.497 e. The number of benzene rings is 1. The van der Waals surface area contributed by atoms with Gasteiger partial charge in [0.15, 0.2) is 0 Å². The van der Waals surface area contributed by atoms with Crippen molar-refractivity contribution in [3.8, 4) is 5.75 Å². The van der Waals surface area contributed by atoms with E-state index in [0.29, 0.717) is 30.1 Å². The van der Waals surface area contributed by atoms with Crippen LogP contribution < -0.4 is 20.7 Å². The molecule has 3 unspecified atom stereocenters. The summed E-state index contributed by atoms with van der Waals surface area (Å²) in [7, 11) is 1.58. The number of amides is 3. The molecule has 9 nitrogen and oxygen atoms in total. The largest absolute Gasteiger partial charge is 0.497 e. The fraction of sp³-hybridized carbons (Fsp3) is 0.577. The number of carbonyl (C=O) groups excluding carboxylic acids is 3. The van der Waals surface area contributed by atoms with Crippen molar-refractivity contribution >= 4 is 17.9 Å². The number of nitrogens with one attached hydrogen (secondary N) is 3. The third kappa shape index (κ3) is 6.97. The van der Waals surface area contributed by atoms with Crippen LogP contribution in [0.3, 0.4) is 0 Å². The summed E-state index contributed by atoms with van der Waals surface area (Å²) in [5, 5.41) is 8.81. The quantitative estimate of drug-likeness (QED) is 0.439. The van der Waals surface area contributed by atoms with Crippen LogP contribution in [0.2, 0.25) is 0 Å². The molecule has 1 saturated heterocycles. The SMILES string of the molecule is CCCC(C)NC(=O)C1CCCN(CC2=C(C(=O)OCC)C(c3ccc(OC)cc3)NC(=O)N2)C1. The van der Waals surface area contributed by atoms with Crippen molar-refractivity contribution in [2.24, 2.45) is 5.92 Å². The van der Waals surface area contributed by atoms with Crippen LogP contribution in [-0.2, 0) is 14.3 Å². The first-order valence-corrected chi connectivity index (χ1v) is 12.5. The molecule has 0 aliphatic carbocycles. The third-order valence-electron chi connectivity index (χ3n) is 6.47. The lowest BCUT2D eigenvalue weighted by atomic mass is 9.93. The van der Waals surface area contributed by atoms with E-state index >= 15 is 0 Å². The molecule has 192 valence electrons. The smallest absolute Gasteiger partial charge is 0.338 e. The second-order valence-corrected chi connectivity index (χ2v) is 9.19. The summed E-state index contributed by atoms with van der Waals surface area (Å²) in [5.74, 6) is 0.155. The van der Waals surface area contributed by atoms with Crippen LogP contribution in [0.5, 0.6) is 5.75 Å². The fourth-order valence-corrected chi connectivity index (χ4v) is 4.74. The van der Waals surface area contributed by atoms with Crippen LogP contribution in [0.1, 0.15) is 58.1 Å². The summed E-state index contributed by atoms with van der Waals surface area (Å²) in [4.78, 5) is 40.6. The first-order valence-electron chi connectivity index (χ1n) is 12.5. The minimum absolute atomic E-state index is 0.0701. The van der Waals surface area contributed by atoms with Gasteiger partial charge in [-0.25, -0.2) is 9.59 Å². The van der Waals surface area contributed by atoms with E-state index < -0.39 is 12.0 Å². The Bertz CT molecular complexity index is 930. The Balaban J connectivity index is 1.83. The summed E-state index contributed by atoms with van der Waals surface area (Å²) < 4.78 is 10.6. The van der Waals surface area contributed by atoms with Gasteiger partial charge < -0.3 is 25.4 Å². The summed E-state index contributed by atoms with van der Waals surface area (Å²) in [5.41, 5.74) is 1.63. The zero-order valence-corrected chi connectivity index (χ0v) is 21.2. The average molecular weight is 487 g/mol. The Morgan fingerprint density at radius 1 is 1.23 bits per heavy atom. The molecule has 2 aliphatic rings. The number of hydrogen-bond donors (Lipinski definition) is 3. The molecule has 0 radical (unpaired) electrons. The highest BCUT2D eigenvalue weighted by molar-refractivity contribution is 5.95. The van der Waals surface area contributed by atoms with E-state index in [1.165, 1.54) is 0 Å². The zero-order chi connectivity index (χ0) is 25.4. The molecule has 0 aromatic heterocycles. The normalized spacial score (nSPS) is 21.5. The maximum atomic E-state index is 13.0. The highest BCUT2D eigenvalue weighted by atomic mass is 16.5. The van der Waals surface area contributed by atoms with Crippen LogP contribution >= 0.6 is 0 Å². The lowest BCUT2D eigenvalue weighted by Gasteiger charge is -2.36. The zero-order valence-electron chi connectivity index (χ0n) is 21.2. The second kappa shape index (κ2) is 12.6. The number of methoxy groups -OCH3 is 1. The second-order valence-electron chi connectivity index (χ2n) is 9.19. The molecule has 1 aromatic rings. The van der Waals surface area contributed by atoms with Gasteiger partial charge in [0, 0.05) is 24.8 Å². The molecule has 3 rings (SSSR count). The van der Waals surface area contributed by atoms with Crippen molar-refractivity contribution < 1.29 is 23.9 Å². The van der Waals surface area contributed by atoms with Crippen molar-refractivity contribution in [3.05, 3.63) is 41.1 Å². The molecule has 0 saturated carbocycles. The molecule has 9 heteroatoms. The molecule has 2 aliphatic heterocycles. The first-order chi connectivity index (χ1) is 16.9. The molecular weight excluding hydrogens is 448 g/mol. The Kier molecular flexibility index (Phi) is 9.54. The van der Waals surface area contributed by atoms with Gasteiger partial charge in [0.1, 0.15) is 5.75 Å². The fourth-order valence-electron chi connectivity index (χ4n) is 4.74.